The molecule has 3 aromatic carbocycles. The predicted molar refractivity (Wildman–Crippen MR) is 333 cm³/mol. The molecule has 8 rings (SSSR count). The van der Waals surface area contributed by atoms with Crippen molar-refractivity contribution in [1.29, 1.82) is 0 Å². The molecule has 2 aliphatic carbocycles. The number of hydrogen-bond donors (Lipinski definition) is 2. The topological polar surface area (TPSA) is 237 Å². The van der Waals surface area contributed by atoms with Crippen LogP contribution in [0, 0.1) is 36.3 Å². The molecular weight excluding hydrogens is 1370 g/mol. The molecule has 1 amide bonds. The van der Waals surface area contributed by atoms with Crippen molar-refractivity contribution in [2.75, 3.05) is 12.8 Å². The molecule has 6 aromatic rings. The number of phosphoric acid groups is 1. The number of aromatic nitrogens is 5. The number of carbonyl (C=O) groups excluding carboxylic acids is 3. The van der Waals surface area contributed by atoms with E-state index in [1.54, 1.807) is 61.5 Å². The van der Waals surface area contributed by atoms with Gasteiger partial charge in [-0.1, -0.05) is 36.6 Å². The van der Waals surface area contributed by atoms with Crippen LogP contribution < -0.4 is 9.84 Å². The number of thiol groups is 1. The van der Waals surface area contributed by atoms with Crippen LogP contribution >= 0.6 is 19.4 Å². The number of sulfone groups is 1. The Morgan fingerprint density at radius 2 is 1.52 bits per heavy atom. The molecule has 0 saturated heterocycles. The van der Waals surface area contributed by atoms with Crippen LogP contribution in [0.1, 0.15) is 156 Å². The van der Waals surface area contributed by atoms with Gasteiger partial charge in [-0.2, -0.15) is 49.6 Å². The summed E-state index contributed by atoms with van der Waals surface area (Å²) in [7, 11) is -12.2. The van der Waals surface area contributed by atoms with Gasteiger partial charge in [0.2, 0.25) is 16.8 Å². The smallest absolute Gasteiger partial charge is 0.460 e. The second kappa shape index (κ2) is 27.8. The maximum atomic E-state index is 15.8. The summed E-state index contributed by atoms with van der Waals surface area (Å²) < 4.78 is 239. The molecule has 3 heterocycles. The summed E-state index contributed by atoms with van der Waals surface area (Å²) in [6.07, 6.45) is -12.8. The molecule has 522 valence electrons. The van der Waals surface area contributed by atoms with Crippen molar-refractivity contribution in [2.45, 2.75) is 180 Å². The summed E-state index contributed by atoms with van der Waals surface area (Å²) in [5.74, 6) is -7.69. The van der Waals surface area contributed by atoms with Gasteiger partial charge in [-0.3, -0.25) is 32.8 Å². The number of halogens is 11. The van der Waals surface area contributed by atoms with E-state index in [0.29, 0.717) is 20.6 Å². The Hall–Kier alpha value is -6.94. The number of hydrogen-bond acceptors (Lipinski definition) is 15. The number of rotatable bonds is 25. The minimum Gasteiger partial charge on any atom is -0.460 e. The lowest BCUT2D eigenvalue weighted by Gasteiger charge is -2.27. The highest BCUT2D eigenvalue weighted by Gasteiger charge is 2.68. The van der Waals surface area contributed by atoms with Crippen molar-refractivity contribution >= 4 is 68.7 Å². The second-order valence-corrected chi connectivity index (χ2v) is 31.3. The third-order valence-electron chi connectivity index (χ3n) is 15.4. The average molecular weight is 1440 g/mol. The highest BCUT2D eigenvalue weighted by molar-refractivity contribution is 7.92. The van der Waals surface area contributed by atoms with Gasteiger partial charge in [-0.25, -0.2) is 35.2 Å². The van der Waals surface area contributed by atoms with Gasteiger partial charge >= 0.3 is 26.1 Å². The first-order chi connectivity index (χ1) is 44.1. The van der Waals surface area contributed by atoms with Crippen LogP contribution in [0.5, 0.6) is 5.75 Å². The van der Waals surface area contributed by atoms with E-state index in [1.165, 1.54) is 45.0 Å². The lowest BCUT2D eigenvalue weighted by atomic mass is 9.88. The number of nitrogens with zero attached hydrogens (tertiary/aromatic N) is 6. The molecule has 1 unspecified atom stereocenters. The SMILES string of the molecule is Cc1cc(CC(=O)OC(C)(C)C)c(C(C)CC(=O)CN(Cc2nn(CC(F)(F)F)c3c(-c4ccc(C#CC(C)(C)S(C)(=O)=O)nc4[C@H](Cc4cc(F)cc(F)c4)NC(=O)Cn4nc(C(F)(F)F)c5c4C(F)(F)[C@@H]4C[C@H]54)ccc(Cl)c23)[SH](=O)=O)c(OP(=O)(OC(C)C)OC(C)C)c1. The summed E-state index contributed by atoms with van der Waals surface area (Å²) >= 11 is 6.86. The number of alkyl halides is 8. The number of ketones is 1. The monoisotopic (exact) mass is 1440 g/mol. The van der Waals surface area contributed by atoms with E-state index in [9.17, 15) is 62.1 Å². The molecule has 0 bridgehead atoms. The molecule has 33 heteroatoms. The Labute approximate surface area is 553 Å². The van der Waals surface area contributed by atoms with Gasteiger partial charge in [0.15, 0.2) is 15.5 Å². The van der Waals surface area contributed by atoms with E-state index < -0.39 is 202 Å². The quantitative estimate of drug-likeness (QED) is 0.0178. The van der Waals surface area contributed by atoms with Crippen LogP contribution in [0.15, 0.2) is 54.6 Å². The molecule has 2 aliphatic rings. The van der Waals surface area contributed by atoms with Crippen molar-refractivity contribution in [3.8, 4) is 28.7 Å². The first-order valence-electron chi connectivity index (χ1n) is 29.9. The normalized spacial score (nSPS) is 16.4. The number of benzene rings is 3. The first kappa shape index (κ1) is 74.8. The maximum absolute atomic E-state index is 15.8. The zero-order chi connectivity index (χ0) is 71.5. The fourth-order valence-electron chi connectivity index (χ4n) is 11.4. The molecule has 1 fully saturated rings. The van der Waals surface area contributed by atoms with Crippen molar-refractivity contribution < 1.29 is 98.0 Å². The number of fused-ring (bicyclic) bond motifs is 4. The third kappa shape index (κ3) is 17.7. The van der Waals surface area contributed by atoms with E-state index >= 15 is 17.6 Å². The van der Waals surface area contributed by atoms with Crippen molar-refractivity contribution in [3.63, 3.8) is 0 Å². The van der Waals surface area contributed by atoms with Gasteiger partial charge in [0.05, 0.1) is 59.7 Å². The first-order valence-corrected chi connectivity index (χ1v) is 34.7. The van der Waals surface area contributed by atoms with Gasteiger partial charge < -0.3 is 14.6 Å². The number of ether oxygens (including phenoxy) is 1. The van der Waals surface area contributed by atoms with E-state index in [2.05, 4.69) is 32.3 Å². The van der Waals surface area contributed by atoms with Gasteiger partial charge in [-0.05, 0) is 153 Å². The lowest BCUT2D eigenvalue weighted by molar-refractivity contribution is -0.154. The molecule has 96 heavy (non-hydrogen) atoms. The fraction of sp³-hybridized carbons (Fsp3) is 0.492. The molecule has 1 saturated carbocycles. The highest BCUT2D eigenvalue weighted by atomic mass is 35.5. The number of carbonyl (C=O) groups is 3. The minimum atomic E-state index is -5.25. The Morgan fingerprint density at radius 1 is 0.896 bits per heavy atom. The highest BCUT2D eigenvalue weighted by Crippen LogP contribution is 2.68. The molecule has 3 aromatic heterocycles. The fourth-order valence-corrected chi connectivity index (χ4v) is 14.0. The van der Waals surface area contributed by atoms with Gasteiger partial charge in [0.25, 0.3) is 5.92 Å². The zero-order valence-corrected chi connectivity index (χ0v) is 57.2. The Balaban J connectivity index is 1.24. The predicted octanol–water partition coefficient (Wildman–Crippen LogP) is 12.9. The lowest BCUT2D eigenvalue weighted by Crippen LogP contribution is -2.35. The van der Waals surface area contributed by atoms with Crippen LogP contribution in [0.2, 0.25) is 5.02 Å². The van der Waals surface area contributed by atoms with Crippen molar-refractivity contribution in [3.05, 3.63) is 128 Å². The number of pyridine rings is 1. The van der Waals surface area contributed by atoms with Crippen LogP contribution in [0.25, 0.3) is 22.0 Å². The molecule has 0 aliphatic heterocycles. The Kier molecular flexibility index (Phi) is 21.6. The number of amides is 1. The number of phosphoric ester groups is 1. The summed E-state index contributed by atoms with van der Waals surface area (Å²) in [6, 6.07) is 8.09. The van der Waals surface area contributed by atoms with E-state index in [0.717, 1.165) is 24.5 Å². The van der Waals surface area contributed by atoms with Crippen LogP contribution in [-0.4, -0.2) is 105 Å². The Bertz CT molecular complexity index is 4320. The summed E-state index contributed by atoms with van der Waals surface area (Å²) in [4.78, 5) is 46.8. The largest absolute Gasteiger partial charge is 0.530 e. The molecule has 4 atom stereocenters. The molecule has 1 N–H and O–H groups in total. The summed E-state index contributed by atoms with van der Waals surface area (Å²) in [5.41, 5.74) is -6.15. The summed E-state index contributed by atoms with van der Waals surface area (Å²) in [5, 5.41) is 9.41. The number of nitrogens with one attached hydrogen (secondary N) is 1. The number of aryl methyl sites for hydroxylation is 1. The van der Waals surface area contributed by atoms with Crippen LogP contribution in [0.4, 0.5) is 43.9 Å². The third-order valence-corrected chi connectivity index (χ3v) is 20.2. The minimum absolute atomic E-state index is 0.116. The second-order valence-electron chi connectivity index (χ2n) is 25.8. The number of Topliss-reactive ketones (excluding diaryl/α,β-unsaturated/α-hetero) is 1. The van der Waals surface area contributed by atoms with E-state index in [1.807, 2.05) is 0 Å². The standard InChI is InChI=1S/C63H69ClF10N7O12PS2/c1-32(2)91-94(85,92-33(3)4)93-49-20-34(5)19-37(25-51(84)90-59(7,8)9)52(49)35(6)21-41(82)28-79(95(86)87)29-48-54-46(64)16-15-43(56(54)81(77-48)31-61(67,68)69)42-14-13-40(17-18-60(10,11)96(12,88)89)75-55(42)47(24-36-22-38(65)26-39(66)23-36)76-50(83)30-80-58-53(57(78-80)63(72,73)74)44-27-45(44)62(58,70)71/h13-16,19-20,22-23,26,32-33,35,44-45,47,95H,21,24-25,27-31H2,1-12H3,(H,76,83)/t35?,44-,45+,47-/m0/s1. The average Bonchev–Trinajstić information content (AvgIpc) is 1.52. The summed E-state index contributed by atoms with van der Waals surface area (Å²) in [6.45, 7) is 11.8. The van der Waals surface area contributed by atoms with Crippen molar-refractivity contribution in [1.82, 2.24) is 34.2 Å². The van der Waals surface area contributed by atoms with Gasteiger partial charge in [0, 0.05) is 52.3 Å². The molecule has 0 radical (unpaired) electrons. The van der Waals surface area contributed by atoms with E-state index in [-0.39, 0.29) is 60.8 Å². The van der Waals surface area contributed by atoms with Crippen LogP contribution in [0.3, 0.4) is 0 Å². The van der Waals surface area contributed by atoms with E-state index in [4.69, 9.17) is 29.9 Å². The van der Waals surface area contributed by atoms with Gasteiger partial charge in [0.1, 0.15) is 58.0 Å². The molecular formula is C63H69ClF10N7O12PS2. The zero-order valence-electron chi connectivity index (χ0n) is 53.9. The molecule has 0 spiro atoms. The molecule has 19 nitrogen and oxygen atoms in total. The maximum Gasteiger partial charge on any atom is 0.530 e. The van der Waals surface area contributed by atoms with Crippen molar-refractivity contribution in [2.24, 2.45) is 5.92 Å². The van der Waals surface area contributed by atoms with Crippen LogP contribution in [-0.2, 0) is 98.0 Å². The van der Waals surface area contributed by atoms with Gasteiger partial charge in [-0.15, -0.1) is 0 Å². The Morgan fingerprint density at radius 3 is 2.09 bits per heavy atom. The number of esters is 1.